The fourth-order valence-corrected chi connectivity index (χ4v) is 1.64. The number of rotatable bonds is 6. The van der Waals surface area contributed by atoms with Crippen molar-refractivity contribution in [2.45, 2.75) is 13.8 Å². The van der Waals surface area contributed by atoms with E-state index in [4.69, 9.17) is 5.11 Å². The second kappa shape index (κ2) is 7.38. The molecule has 0 saturated heterocycles. The van der Waals surface area contributed by atoms with E-state index in [0.29, 0.717) is 5.56 Å². The highest BCUT2D eigenvalue weighted by molar-refractivity contribution is 5.86. The van der Waals surface area contributed by atoms with Gasteiger partial charge in [0, 0.05) is 30.4 Å². The van der Waals surface area contributed by atoms with E-state index in [9.17, 15) is 9.90 Å². The number of carbonyl (C=O) groups excluding carboxylic acids is 1. The summed E-state index contributed by atoms with van der Waals surface area (Å²) in [6, 6.07) is 5.25. The Morgan fingerprint density at radius 1 is 1.42 bits per heavy atom. The summed E-state index contributed by atoms with van der Waals surface area (Å²) < 4.78 is 0. The second-order valence-corrected chi connectivity index (χ2v) is 3.87. The van der Waals surface area contributed by atoms with Crippen molar-refractivity contribution in [2.75, 3.05) is 24.6 Å². The lowest BCUT2D eigenvalue weighted by molar-refractivity contribution is -0.123. The highest BCUT2D eigenvalue weighted by Gasteiger charge is 2.05. The van der Waals surface area contributed by atoms with E-state index in [1.807, 2.05) is 19.9 Å². The van der Waals surface area contributed by atoms with Crippen molar-refractivity contribution in [2.24, 2.45) is 5.10 Å². The number of phenols is 1. The Kier molecular flexibility index (Phi) is 5.81. The van der Waals surface area contributed by atoms with Crippen LogP contribution in [-0.2, 0) is 4.79 Å². The van der Waals surface area contributed by atoms with Crippen LogP contribution < -0.4 is 10.3 Å². The number of nitrogens with zero attached hydrogens (tertiary/aromatic N) is 2. The molecule has 0 spiro atoms. The Morgan fingerprint density at radius 2 is 2.11 bits per heavy atom. The lowest BCUT2D eigenvalue weighted by atomic mass is 10.2. The van der Waals surface area contributed by atoms with Gasteiger partial charge in [-0.25, -0.2) is 5.43 Å². The van der Waals surface area contributed by atoms with Crippen LogP contribution in [0, 0.1) is 0 Å². The highest BCUT2D eigenvalue weighted by atomic mass is 16.3. The van der Waals surface area contributed by atoms with Gasteiger partial charge in [-0.05, 0) is 26.0 Å². The lowest BCUT2D eigenvalue weighted by Gasteiger charge is -2.21. The van der Waals surface area contributed by atoms with Crippen LogP contribution in [0.3, 0.4) is 0 Å². The number of hydrogen-bond donors (Lipinski definition) is 3. The van der Waals surface area contributed by atoms with Gasteiger partial charge in [-0.3, -0.25) is 4.79 Å². The summed E-state index contributed by atoms with van der Waals surface area (Å²) >= 11 is 0. The number of carbonyl (C=O) groups is 1. The van der Waals surface area contributed by atoms with Gasteiger partial charge in [0.1, 0.15) is 12.4 Å². The van der Waals surface area contributed by atoms with Crippen molar-refractivity contribution in [1.82, 2.24) is 5.43 Å². The monoisotopic (exact) mass is 265 g/mol. The van der Waals surface area contributed by atoms with E-state index >= 15 is 0 Å². The number of nitrogens with one attached hydrogen (secondary N) is 1. The normalized spacial score (nSPS) is 10.7. The van der Waals surface area contributed by atoms with Gasteiger partial charge >= 0.3 is 0 Å². The molecule has 3 N–H and O–H groups in total. The van der Waals surface area contributed by atoms with Crippen molar-refractivity contribution >= 4 is 17.8 Å². The number of aliphatic hydroxyl groups excluding tert-OH is 1. The molecule has 0 aliphatic heterocycles. The molecule has 0 fully saturated rings. The van der Waals surface area contributed by atoms with Crippen LogP contribution >= 0.6 is 0 Å². The first-order valence-corrected chi connectivity index (χ1v) is 6.13. The number of hydrazone groups is 1. The Hall–Kier alpha value is -2.08. The summed E-state index contributed by atoms with van der Waals surface area (Å²) in [5.41, 5.74) is 3.55. The molecule has 1 aromatic rings. The topological polar surface area (TPSA) is 85.2 Å². The molecule has 0 radical (unpaired) electrons. The average Bonchev–Trinajstić information content (AvgIpc) is 2.42. The van der Waals surface area contributed by atoms with Gasteiger partial charge < -0.3 is 15.1 Å². The maximum atomic E-state index is 10.8. The molecule has 0 aliphatic carbocycles. The van der Waals surface area contributed by atoms with Crippen LogP contribution in [0.1, 0.15) is 19.4 Å². The molecule has 0 aromatic heterocycles. The van der Waals surface area contributed by atoms with Gasteiger partial charge in [-0.2, -0.15) is 5.10 Å². The molecule has 0 heterocycles. The number of hydrogen-bond acceptors (Lipinski definition) is 5. The van der Waals surface area contributed by atoms with E-state index in [0.717, 1.165) is 18.8 Å². The summed E-state index contributed by atoms with van der Waals surface area (Å²) in [6.45, 7) is 5.18. The number of anilines is 1. The SMILES string of the molecule is CCN(CC)c1ccc(/C=N/NC(=O)CO)c(O)c1. The molecule has 6 heteroatoms. The van der Waals surface area contributed by atoms with E-state index in [1.165, 1.54) is 6.21 Å². The average molecular weight is 265 g/mol. The van der Waals surface area contributed by atoms with Crippen LogP contribution in [0.25, 0.3) is 0 Å². The summed E-state index contributed by atoms with van der Waals surface area (Å²) in [6.07, 6.45) is 1.33. The largest absolute Gasteiger partial charge is 0.507 e. The van der Waals surface area contributed by atoms with E-state index in [1.54, 1.807) is 12.1 Å². The Bertz CT molecular complexity index is 456. The predicted molar refractivity (Wildman–Crippen MR) is 74.5 cm³/mol. The third-order valence-corrected chi connectivity index (χ3v) is 2.68. The molecule has 104 valence electrons. The van der Waals surface area contributed by atoms with Crippen molar-refractivity contribution in [3.8, 4) is 5.75 Å². The van der Waals surface area contributed by atoms with Gasteiger partial charge in [0.2, 0.25) is 0 Å². The fraction of sp³-hybridized carbons (Fsp3) is 0.385. The number of benzene rings is 1. The Morgan fingerprint density at radius 3 is 2.63 bits per heavy atom. The molecule has 0 bridgehead atoms. The Labute approximate surface area is 112 Å². The van der Waals surface area contributed by atoms with Crippen LogP contribution in [0.5, 0.6) is 5.75 Å². The van der Waals surface area contributed by atoms with Crippen LogP contribution in [-0.4, -0.2) is 42.0 Å². The quantitative estimate of drug-likeness (QED) is 0.521. The van der Waals surface area contributed by atoms with Gasteiger partial charge in [-0.1, -0.05) is 0 Å². The molecule has 0 unspecified atom stereocenters. The van der Waals surface area contributed by atoms with Gasteiger partial charge in [0.25, 0.3) is 5.91 Å². The lowest BCUT2D eigenvalue weighted by Crippen LogP contribution is -2.21. The van der Waals surface area contributed by atoms with E-state index < -0.39 is 12.5 Å². The molecule has 1 amide bonds. The van der Waals surface area contributed by atoms with Crippen molar-refractivity contribution in [3.63, 3.8) is 0 Å². The summed E-state index contributed by atoms with van der Waals surface area (Å²) in [7, 11) is 0. The molecule has 6 nitrogen and oxygen atoms in total. The standard InChI is InChI=1S/C13H19N3O3/c1-3-16(4-2)11-6-5-10(12(18)7-11)8-14-15-13(19)9-17/h5-8,17-18H,3-4,9H2,1-2H3,(H,15,19)/b14-8+. The summed E-state index contributed by atoms with van der Waals surface area (Å²) in [4.78, 5) is 12.9. The first-order valence-electron chi connectivity index (χ1n) is 6.13. The first-order chi connectivity index (χ1) is 9.12. The molecule has 1 rings (SSSR count). The Balaban J connectivity index is 2.80. The maximum Gasteiger partial charge on any atom is 0.265 e. The first kappa shape index (κ1) is 15.0. The highest BCUT2D eigenvalue weighted by Crippen LogP contribution is 2.23. The van der Waals surface area contributed by atoms with E-state index in [-0.39, 0.29) is 5.75 Å². The summed E-state index contributed by atoms with van der Waals surface area (Å²) in [5, 5.41) is 22.0. The number of aliphatic hydroxyl groups is 1. The predicted octanol–water partition coefficient (Wildman–Crippen LogP) is 0.681. The zero-order chi connectivity index (χ0) is 14.3. The fourth-order valence-electron chi connectivity index (χ4n) is 1.64. The summed E-state index contributed by atoms with van der Waals surface area (Å²) in [5.74, 6) is -0.512. The molecule has 0 atom stereocenters. The van der Waals surface area contributed by atoms with Crippen LogP contribution in [0.2, 0.25) is 0 Å². The van der Waals surface area contributed by atoms with Crippen molar-refractivity contribution in [3.05, 3.63) is 23.8 Å². The maximum absolute atomic E-state index is 10.8. The van der Waals surface area contributed by atoms with Gasteiger partial charge in [-0.15, -0.1) is 0 Å². The molecule has 0 aliphatic rings. The number of aromatic hydroxyl groups is 1. The molecular formula is C13H19N3O3. The minimum atomic E-state index is -0.621. The van der Waals surface area contributed by atoms with Crippen molar-refractivity contribution < 1.29 is 15.0 Å². The zero-order valence-electron chi connectivity index (χ0n) is 11.1. The smallest absolute Gasteiger partial charge is 0.265 e. The van der Waals surface area contributed by atoms with Gasteiger partial charge in [0.05, 0.1) is 6.21 Å². The second-order valence-electron chi connectivity index (χ2n) is 3.87. The van der Waals surface area contributed by atoms with Crippen LogP contribution in [0.4, 0.5) is 5.69 Å². The molecular weight excluding hydrogens is 246 g/mol. The minimum Gasteiger partial charge on any atom is -0.507 e. The number of amides is 1. The zero-order valence-corrected chi connectivity index (χ0v) is 11.1. The number of phenolic OH excluding ortho intramolecular Hbond substituents is 1. The minimum absolute atomic E-state index is 0.0893. The third-order valence-electron chi connectivity index (χ3n) is 2.68. The molecule has 19 heavy (non-hydrogen) atoms. The molecule has 1 aromatic carbocycles. The van der Waals surface area contributed by atoms with Crippen molar-refractivity contribution in [1.29, 1.82) is 0 Å². The van der Waals surface area contributed by atoms with E-state index in [2.05, 4.69) is 15.4 Å². The third kappa shape index (κ3) is 4.26. The molecule has 0 saturated carbocycles. The van der Waals surface area contributed by atoms with Gasteiger partial charge in [0.15, 0.2) is 0 Å². The van der Waals surface area contributed by atoms with Crippen LogP contribution in [0.15, 0.2) is 23.3 Å².